The standard InChI is InChI=1S/C14H31NO2/c1-5-8-14(3,9-7-11-17-6-2)13-15-10-12-16-4/h15H,5-13H2,1-4H3. The zero-order chi connectivity index (χ0) is 13.0. The maximum atomic E-state index is 5.41. The van der Waals surface area contributed by atoms with Gasteiger partial charge in [-0.25, -0.2) is 0 Å². The van der Waals surface area contributed by atoms with Gasteiger partial charge in [0, 0.05) is 33.4 Å². The molecule has 0 aliphatic heterocycles. The number of nitrogens with one attached hydrogen (secondary N) is 1. The Morgan fingerprint density at radius 1 is 1.12 bits per heavy atom. The van der Waals surface area contributed by atoms with E-state index in [1.807, 2.05) is 0 Å². The third-order valence-corrected chi connectivity index (χ3v) is 3.16. The topological polar surface area (TPSA) is 30.5 Å². The third-order valence-electron chi connectivity index (χ3n) is 3.16. The van der Waals surface area contributed by atoms with Crippen molar-refractivity contribution in [3.8, 4) is 0 Å². The molecule has 0 aromatic carbocycles. The van der Waals surface area contributed by atoms with E-state index < -0.39 is 0 Å². The van der Waals surface area contributed by atoms with Crippen LogP contribution >= 0.6 is 0 Å². The van der Waals surface area contributed by atoms with Gasteiger partial charge in [0.1, 0.15) is 0 Å². The minimum absolute atomic E-state index is 0.402. The molecule has 1 unspecified atom stereocenters. The molecule has 3 heteroatoms. The molecule has 3 nitrogen and oxygen atoms in total. The van der Waals surface area contributed by atoms with Gasteiger partial charge in [-0.05, 0) is 31.6 Å². The number of hydrogen-bond acceptors (Lipinski definition) is 3. The predicted molar refractivity (Wildman–Crippen MR) is 73.5 cm³/mol. The monoisotopic (exact) mass is 245 g/mol. The summed E-state index contributed by atoms with van der Waals surface area (Å²) >= 11 is 0. The Kier molecular flexibility index (Phi) is 10.9. The van der Waals surface area contributed by atoms with Crippen LogP contribution in [0, 0.1) is 5.41 Å². The summed E-state index contributed by atoms with van der Waals surface area (Å²) in [5.74, 6) is 0. The van der Waals surface area contributed by atoms with Gasteiger partial charge in [-0.15, -0.1) is 0 Å². The van der Waals surface area contributed by atoms with Gasteiger partial charge in [0.05, 0.1) is 6.61 Å². The first kappa shape index (κ1) is 16.9. The summed E-state index contributed by atoms with van der Waals surface area (Å²) < 4.78 is 10.5. The second kappa shape index (κ2) is 11.0. The maximum Gasteiger partial charge on any atom is 0.0587 e. The second-order valence-electron chi connectivity index (χ2n) is 5.03. The lowest BCUT2D eigenvalue weighted by molar-refractivity contribution is 0.126. The first-order valence-corrected chi connectivity index (χ1v) is 6.96. The average molecular weight is 245 g/mol. The molecular formula is C14H31NO2. The number of rotatable bonds is 12. The van der Waals surface area contributed by atoms with Crippen LogP contribution in [0.2, 0.25) is 0 Å². The molecular weight excluding hydrogens is 214 g/mol. The lowest BCUT2D eigenvalue weighted by atomic mass is 9.81. The van der Waals surface area contributed by atoms with Gasteiger partial charge in [-0.2, -0.15) is 0 Å². The summed E-state index contributed by atoms with van der Waals surface area (Å²) in [4.78, 5) is 0. The largest absolute Gasteiger partial charge is 0.383 e. The summed E-state index contributed by atoms with van der Waals surface area (Å²) in [7, 11) is 1.75. The van der Waals surface area contributed by atoms with E-state index in [1.54, 1.807) is 7.11 Å². The van der Waals surface area contributed by atoms with E-state index in [0.29, 0.717) is 5.41 Å². The number of methoxy groups -OCH3 is 1. The summed E-state index contributed by atoms with van der Waals surface area (Å²) in [6.45, 7) is 11.2. The Balaban J connectivity index is 3.80. The first-order chi connectivity index (χ1) is 8.18. The fourth-order valence-corrected chi connectivity index (χ4v) is 2.22. The summed E-state index contributed by atoms with van der Waals surface area (Å²) in [6.07, 6.45) is 4.92. The van der Waals surface area contributed by atoms with Crippen molar-refractivity contribution in [2.45, 2.75) is 46.5 Å². The van der Waals surface area contributed by atoms with E-state index in [4.69, 9.17) is 9.47 Å². The van der Waals surface area contributed by atoms with Gasteiger partial charge in [-0.3, -0.25) is 0 Å². The quantitative estimate of drug-likeness (QED) is 0.536. The number of hydrogen-bond donors (Lipinski definition) is 1. The highest BCUT2D eigenvalue weighted by Gasteiger charge is 2.22. The smallest absolute Gasteiger partial charge is 0.0587 e. The molecule has 17 heavy (non-hydrogen) atoms. The van der Waals surface area contributed by atoms with Crippen molar-refractivity contribution in [3.05, 3.63) is 0 Å². The molecule has 0 bridgehead atoms. The molecule has 0 aromatic heterocycles. The summed E-state index contributed by atoms with van der Waals surface area (Å²) in [5.41, 5.74) is 0.402. The summed E-state index contributed by atoms with van der Waals surface area (Å²) in [5, 5.41) is 3.49. The second-order valence-corrected chi connectivity index (χ2v) is 5.03. The Bertz CT molecular complexity index is 150. The van der Waals surface area contributed by atoms with Gasteiger partial charge < -0.3 is 14.8 Å². The van der Waals surface area contributed by atoms with Gasteiger partial charge in [0.25, 0.3) is 0 Å². The first-order valence-electron chi connectivity index (χ1n) is 6.96. The SMILES string of the molecule is CCCC(C)(CCCOCC)CNCCOC. The fraction of sp³-hybridized carbons (Fsp3) is 1.00. The molecule has 0 aliphatic carbocycles. The van der Waals surface area contributed by atoms with E-state index in [1.165, 1.54) is 19.3 Å². The van der Waals surface area contributed by atoms with Gasteiger partial charge >= 0.3 is 0 Å². The van der Waals surface area contributed by atoms with Gasteiger partial charge in [-0.1, -0.05) is 20.3 Å². The van der Waals surface area contributed by atoms with Crippen LogP contribution in [0.3, 0.4) is 0 Å². The van der Waals surface area contributed by atoms with Crippen molar-refractivity contribution in [3.63, 3.8) is 0 Å². The van der Waals surface area contributed by atoms with E-state index in [0.717, 1.165) is 39.3 Å². The Morgan fingerprint density at radius 2 is 1.88 bits per heavy atom. The summed E-state index contributed by atoms with van der Waals surface area (Å²) in [6, 6.07) is 0. The van der Waals surface area contributed by atoms with E-state index >= 15 is 0 Å². The van der Waals surface area contributed by atoms with Gasteiger partial charge in [0.2, 0.25) is 0 Å². The van der Waals surface area contributed by atoms with Gasteiger partial charge in [0.15, 0.2) is 0 Å². The molecule has 0 amide bonds. The van der Waals surface area contributed by atoms with Crippen molar-refractivity contribution < 1.29 is 9.47 Å². The van der Waals surface area contributed by atoms with Crippen LogP contribution < -0.4 is 5.32 Å². The van der Waals surface area contributed by atoms with Crippen molar-refractivity contribution in [2.24, 2.45) is 5.41 Å². The van der Waals surface area contributed by atoms with Crippen LogP contribution in [-0.2, 0) is 9.47 Å². The molecule has 0 aliphatic rings. The molecule has 1 atom stereocenters. The Labute approximate surface area is 107 Å². The van der Waals surface area contributed by atoms with Crippen LogP contribution in [0.4, 0.5) is 0 Å². The van der Waals surface area contributed by atoms with Crippen LogP contribution in [-0.4, -0.2) is 40.0 Å². The molecule has 0 saturated carbocycles. The average Bonchev–Trinajstić information content (AvgIpc) is 2.31. The predicted octanol–water partition coefficient (Wildman–Crippen LogP) is 2.85. The van der Waals surface area contributed by atoms with Crippen molar-refractivity contribution >= 4 is 0 Å². The van der Waals surface area contributed by atoms with Crippen LogP contribution in [0.5, 0.6) is 0 Å². The van der Waals surface area contributed by atoms with Crippen molar-refractivity contribution in [2.75, 3.05) is 40.0 Å². The zero-order valence-electron chi connectivity index (χ0n) is 12.2. The highest BCUT2D eigenvalue weighted by Crippen LogP contribution is 2.28. The van der Waals surface area contributed by atoms with E-state index in [9.17, 15) is 0 Å². The molecule has 0 rings (SSSR count). The Morgan fingerprint density at radius 3 is 2.47 bits per heavy atom. The van der Waals surface area contributed by atoms with Crippen LogP contribution in [0.25, 0.3) is 0 Å². The highest BCUT2D eigenvalue weighted by molar-refractivity contribution is 4.76. The van der Waals surface area contributed by atoms with Crippen LogP contribution in [0.1, 0.15) is 46.5 Å². The normalized spacial score (nSPS) is 14.8. The fourth-order valence-electron chi connectivity index (χ4n) is 2.22. The molecule has 0 aromatic rings. The molecule has 104 valence electrons. The molecule has 1 N–H and O–H groups in total. The van der Waals surface area contributed by atoms with E-state index in [2.05, 4.69) is 26.1 Å². The third kappa shape index (κ3) is 9.57. The molecule has 0 saturated heterocycles. The molecule has 0 heterocycles. The van der Waals surface area contributed by atoms with E-state index in [-0.39, 0.29) is 0 Å². The highest BCUT2D eigenvalue weighted by atomic mass is 16.5. The lowest BCUT2D eigenvalue weighted by Crippen LogP contribution is -2.34. The molecule has 0 spiro atoms. The minimum Gasteiger partial charge on any atom is -0.383 e. The van der Waals surface area contributed by atoms with Crippen LogP contribution in [0.15, 0.2) is 0 Å². The number of ether oxygens (including phenoxy) is 2. The Hall–Kier alpha value is -0.120. The van der Waals surface area contributed by atoms with Crippen molar-refractivity contribution in [1.82, 2.24) is 5.32 Å². The lowest BCUT2D eigenvalue weighted by Gasteiger charge is -2.30. The molecule has 0 fully saturated rings. The van der Waals surface area contributed by atoms with Crippen molar-refractivity contribution in [1.29, 1.82) is 0 Å². The molecule has 0 radical (unpaired) electrons. The zero-order valence-corrected chi connectivity index (χ0v) is 12.2. The maximum absolute atomic E-state index is 5.41. The minimum atomic E-state index is 0.402.